The van der Waals surface area contributed by atoms with Crippen LogP contribution >= 0.6 is 9.24 Å². The number of hydrogen-bond donors (Lipinski definition) is 1. The quantitative estimate of drug-likeness (QED) is 0.0713. The van der Waals surface area contributed by atoms with Crippen molar-refractivity contribution >= 4 is 9.24 Å². The van der Waals surface area contributed by atoms with Crippen molar-refractivity contribution in [2.75, 3.05) is 21.1 Å². The molecule has 0 saturated heterocycles. The summed E-state index contributed by atoms with van der Waals surface area (Å²) in [6.45, 7) is 4.58. The number of rotatable bonds is 26. The van der Waals surface area contributed by atoms with E-state index in [1.165, 1.54) is 128 Å². The van der Waals surface area contributed by atoms with E-state index in [1.807, 2.05) is 0 Å². The fraction of sp³-hybridized carbons (Fsp3) is 1.00. The van der Waals surface area contributed by atoms with E-state index < -0.39 is 5.60 Å². The molecule has 2 nitrogen and oxygen atoms in total. The summed E-state index contributed by atoms with van der Waals surface area (Å²) < 4.78 is 0.767. The first-order chi connectivity index (χ1) is 16.3. The molecule has 0 aliphatic rings. The van der Waals surface area contributed by atoms with E-state index in [-0.39, 0.29) is 5.78 Å². The Labute approximate surface area is 219 Å². The topological polar surface area (TPSA) is 20.2 Å². The van der Waals surface area contributed by atoms with Crippen LogP contribution in [0, 0.1) is 0 Å². The third-order valence-corrected chi connectivity index (χ3v) is 9.02. The van der Waals surface area contributed by atoms with Crippen LogP contribution < -0.4 is 0 Å². The Hall–Kier alpha value is 0.350. The van der Waals surface area contributed by atoms with E-state index in [2.05, 4.69) is 44.2 Å². The minimum absolute atomic E-state index is 0.0961. The summed E-state index contributed by atoms with van der Waals surface area (Å²) in [6, 6.07) is 0. The number of aliphatic hydroxyl groups is 1. The molecule has 0 rings (SSSR count). The van der Waals surface area contributed by atoms with Gasteiger partial charge >= 0.3 is 0 Å². The lowest BCUT2D eigenvalue weighted by Gasteiger charge is -2.49. The summed E-state index contributed by atoms with van der Waals surface area (Å²) in [5, 5.41) is 11.6. The molecule has 1 atom stereocenters. The lowest BCUT2D eigenvalue weighted by Crippen LogP contribution is -2.55. The maximum Gasteiger partial charge on any atom is 0.0878 e. The fourth-order valence-corrected chi connectivity index (χ4v) is 5.60. The molecule has 0 heterocycles. The molecule has 34 heavy (non-hydrogen) atoms. The van der Waals surface area contributed by atoms with E-state index in [0.717, 1.165) is 30.2 Å². The van der Waals surface area contributed by atoms with E-state index in [0.29, 0.717) is 0 Å². The first-order valence-electron chi connectivity index (χ1n) is 15.5. The number of nitrogens with zero attached hydrogens (tertiary/aromatic N) is 1. The average Bonchev–Trinajstić information content (AvgIpc) is 2.80. The SMILES string of the molecule is CCCCCCCCCCCCCC(O)(CCCCCCCCCCCCC)C([PH-])[N+](C)(C)C. The smallest absolute Gasteiger partial charge is 0.0878 e. The van der Waals surface area contributed by atoms with Crippen molar-refractivity contribution in [3.05, 3.63) is 0 Å². The van der Waals surface area contributed by atoms with E-state index in [4.69, 9.17) is 0 Å². The third kappa shape index (κ3) is 19.5. The first-order valence-corrected chi connectivity index (χ1v) is 16.1. The molecule has 0 aromatic rings. The number of unbranched alkanes of at least 4 members (excludes halogenated alkanes) is 20. The largest absolute Gasteiger partial charge is 0.489 e. The van der Waals surface area contributed by atoms with Crippen LogP contribution in [0.4, 0.5) is 0 Å². The van der Waals surface area contributed by atoms with Gasteiger partial charge in [0, 0.05) is 0 Å². The van der Waals surface area contributed by atoms with Crippen LogP contribution in [0.1, 0.15) is 168 Å². The monoisotopic (exact) mass is 499 g/mol. The summed E-state index contributed by atoms with van der Waals surface area (Å²) in [4.78, 5) is 0. The number of hydrogen-bond acceptors (Lipinski definition) is 1. The van der Waals surface area contributed by atoms with Crippen molar-refractivity contribution < 1.29 is 9.59 Å². The summed E-state index contributed by atoms with van der Waals surface area (Å²) >= 11 is 0. The highest BCUT2D eigenvalue weighted by Gasteiger charge is 2.35. The Bertz CT molecular complexity index is 394. The van der Waals surface area contributed by atoms with Gasteiger partial charge in [0.05, 0.1) is 26.7 Å². The molecule has 1 unspecified atom stereocenters. The molecule has 206 valence electrons. The molecule has 0 radical (unpaired) electrons. The van der Waals surface area contributed by atoms with E-state index in [1.54, 1.807) is 0 Å². The predicted octanol–water partition coefficient (Wildman–Crippen LogP) is 10.3. The van der Waals surface area contributed by atoms with Gasteiger partial charge in [0.15, 0.2) is 0 Å². The Morgan fingerprint density at radius 1 is 0.500 bits per heavy atom. The lowest BCUT2D eigenvalue weighted by atomic mass is 9.88. The fourth-order valence-electron chi connectivity index (χ4n) is 5.31. The Morgan fingerprint density at radius 2 is 0.735 bits per heavy atom. The Balaban J connectivity index is 4.03. The van der Waals surface area contributed by atoms with Crippen molar-refractivity contribution in [3.8, 4) is 0 Å². The minimum Gasteiger partial charge on any atom is -0.489 e. The second-order valence-corrected chi connectivity index (χ2v) is 12.7. The predicted molar refractivity (Wildman–Crippen MR) is 157 cm³/mol. The minimum atomic E-state index is -0.590. The van der Waals surface area contributed by atoms with Crippen molar-refractivity contribution in [2.24, 2.45) is 0 Å². The molecule has 0 aliphatic heterocycles. The highest BCUT2D eigenvalue weighted by Crippen LogP contribution is 2.34. The molecule has 3 heteroatoms. The molecule has 0 aromatic carbocycles. The molecule has 0 saturated carbocycles. The molecular weight excluding hydrogens is 433 g/mol. The molecule has 1 N–H and O–H groups in total. The van der Waals surface area contributed by atoms with Crippen LogP contribution in [-0.4, -0.2) is 42.1 Å². The summed E-state index contributed by atoms with van der Waals surface area (Å²) in [7, 11) is 10.6. The Kier molecular flexibility index (Phi) is 22.8. The summed E-state index contributed by atoms with van der Waals surface area (Å²) in [5.41, 5.74) is -0.590. The highest BCUT2D eigenvalue weighted by molar-refractivity contribution is 7.17. The average molecular weight is 500 g/mol. The van der Waals surface area contributed by atoms with E-state index in [9.17, 15) is 5.11 Å². The molecule has 0 bridgehead atoms. The molecule has 0 spiro atoms. The molecule has 0 fully saturated rings. The second kappa shape index (κ2) is 22.5. The van der Waals surface area contributed by atoms with Crippen molar-refractivity contribution in [1.29, 1.82) is 0 Å². The van der Waals surface area contributed by atoms with Gasteiger partial charge in [-0.25, -0.2) is 0 Å². The standard InChI is InChI=1S/C31H66NOP/c1-6-8-10-12-14-16-18-20-22-24-26-28-31(33,30(34)32(3,4)5)29-27-25-23-21-19-17-15-13-11-9-7-2/h30,33-34H,6-29H2,1-5H3. The maximum atomic E-state index is 11.6. The van der Waals surface area contributed by atoms with Gasteiger partial charge in [0.1, 0.15) is 0 Å². The Morgan fingerprint density at radius 3 is 0.971 bits per heavy atom. The molecule has 0 aliphatic carbocycles. The van der Waals surface area contributed by atoms with Gasteiger partial charge < -0.3 is 18.8 Å². The zero-order valence-corrected chi connectivity index (χ0v) is 25.4. The van der Waals surface area contributed by atoms with Gasteiger partial charge in [-0.15, -0.1) is 0 Å². The molecular formula is C31H66NOP. The van der Waals surface area contributed by atoms with Gasteiger partial charge in [-0.1, -0.05) is 155 Å². The van der Waals surface area contributed by atoms with Gasteiger partial charge in [-0.3, -0.25) is 0 Å². The zero-order valence-electron chi connectivity index (χ0n) is 24.4. The zero-order chi connectivity index (χ0) is 25.5. The summed E-state index contributed by atoms with van der Waals surface area (Å²) in [6.07, 6.45) is 31.8. The van der Waals surface area contributed by atoms with Crippen molar-refractivity contribution in [1.82, 2.24) is 0 Å². The van der Waals surface area contributed by atoms with Crippen LogP contribution in [0.2, 0.25) is 0 Å². The van der Waals surface area contributed by atoms with Crippen LogP contribution in [0.5, 0.6) is 0 Å². The van der Waals surface area contributed by atoms with Crippen LogP contribution in [0.15, 0.2) is 0 Å². The van der Waals surface area contributed by atoms with Gasteiger partial charge in [-0.2, -0.15) is 0 Å². The molecule has 0 aromatic heterocycles. The first kappa shape index (κ1) is 34.4. The summed E-state index contributed by atoms with van der Waals surface area (Å²) in [5.74, 6) is 0.0961. The second-order valence-electron chi connectivity index (χ2n) is 12.2. The molecule has 0 amide bonds. The van der Waals surface area contributed by atoms with Crippen molar-refractivity contribution in [3.63, 3.8) is 0 Å². The van der Waals surface area contributed by atoms with Gasteiger partial charge in [-0.05, 0) is 18.6 Å². The van der Waals surface area contributed by atoms with Crippen molar-refractivity contribution in [2.45, 2.75) is 179 Å². The third-order valence-electron chi connectivity index (χ3n) is 7.71. The van der Waals surface area contributed by atoms with Crippen LogP contribution in [-0.2, 0) is 0 Å². The van der Waals surface area contributed by atoms with Crippen LogP contribution in [0.25, 0.3) is 0 Å². The normalized spacial score (nSPS) is 13.5. The number of likely N-dealkylation sites (N-methyl/N-ethyl adjacent to an activating group) is 1. The lowest BCUT2D eigenvalue weighted by molar-refractivity contribution is -0.888. The van der Waals surface area contributed by atoms with E-state index >= 15 is 0 Å². The highest BCUT2D eigenvalue weighted by atomic mass is 31.0. The maximum absolute atomic E-state index is 11.6. The van der Waals surface area contributed by atoms with Gasteiger partial charge in [0.25, 0.3) is 0 Å². The van der Waals surface area contributed by atoms with Gasteiger partial charge in [0.2, 0.25) is 0 Å². The number of quaternary nitrogens is 1. The van der Waals surface area contributed by atoms with Crippen LogP contribution in [0.3, 0.4) is 0 Å².